The molecule has 0 radical (unpaired) electrons. The van der Waals surface area contributed by atoms with Crippen LogP contribution >= 0.6 is 0 Å². The molecule has 0 unspecified atom stereocenters. The lowest BCUT2D eigenvalue weighted by Crippen LogP contribution is -2.42. The lowest BCUT2D eigenvalue weighted by Gasteiger charge is -2.30. The summed E-state index contributed by atoms with van der Waals surface area (Å²) in [5.74, 6) is -0.0872. The van der Waals surface area contributed by atoms with Crippen molar-refractivity contribution in [3.63, 3.8) is 0 Å². The molecule has 0 saturated heterocycles. The maximum Gasteiger partial charge on any atom is 0.273 e. The van der Waals surface area contributed by atoms with Crippen molar-refractivity contribution >= 4 is 5.91 Å². The van der Waals surface area contributed by atoms with E-state index >= 15 is 0 Å². The fraction of sp³-hybridized carbons (Fsp3) is 0.571. The van der Waals surface area contributed by atoms with Gasteiger partial charge in [0.25, 0.3) is 5.91 Å². The van der Waals surface area contributed by atoms with Crippen LogP contribution in [0, 0.1) is 6.92 Å². The fourth-order valence-electron chi connectivity index (χ4n) is 2.13. The molecule has 1 aromatic heterocycles. The lowest BCUT2D eigenvalue weighted by atomic mass is 10.1. The molecule has 100 valence electrons. The number of carbonyl (C=O) groups excluding carboxylic acids is 1. The first-order chi connectivity index (χ1) is 8.65. The zero-order valence-corrected chi connectivity index (χ0v) is 11.4. The van der Waals surface area contributed by atoms with Gasteiger partial charge in [0.2, 0.25) is 0 Å². The number of aryl methyl sites for hydroxylation is 1. The van der Waals surface area contributed by atoms with Gasteiger partial charge in [-0.1, -0.05) is 19.9 Å². The number of hydrogen-bond acceptors (Lipinski definition) is 3. The Balaban J connectivity index is 2.99. The Bertz CT molecular complexity index is 389. The average molecular weight is 250 g/mol. The van der Waals surface area contributed by atoms with Crippen molar-refractivity contribution in [2.45, 2.75) is 39.7 Å². The van der Waals surface area contributed by atoms with Gasteiger partial charge in [0.1, 0.15) is 5.69 Å². The van der Waals surface area contributed by atoms with E-state index in [-0.39, 0.29) is 18.6 Å². The first kappa shape index (κ1) is 14.6. The van der Waals surface area contributed by atoms with Crippen LogP contribution in [0.1, 0.15) is 42.7 Å². The summed E-state index contributed by atoms with van der Waals surface area (Å²) in [5, 5.41) is 9.13. The van der Waals surface area contributed by atoms with Crippen molar-refractivity contribution in [2.24, 2.45) is 0 Å². The van der Waals surface area contributed by atoms with Crippen LogP contribution in [0.15, 0.2) is 18.3 Å². The first-order valence-corrected chi connectivity index (χ1v) is 6.49. The van der Waals surface area contributed by atoms with Crippen LogP contribution in [-0.2, 0) is 0 Å². The molecule has 0 spiro atoms. The van der Waals surface area contributed by atoms with Gasteiger partial charge in [0.05, 0.1) is 6.61 Å². The van der Waals surface area contributed by atoms with Crippen molar-refractivity contribution in [3.8, 4) is 0 Å². The fourth-order valence-corrected chi connectivity index (χ4v) is 2.13. The standard InChI is InChI=1S/C14H22N2O2/c1-4-12(5-2)16(9-10-17)14(18)13-11(3)7-6-8-15-13/h6-8,12,17H,4-5,9-10H2,1-3H3. The van der Waals surface area contributed by atoms with Crippen LogP contribution in [0.5, 0.6) is 0 Å². The Labute approximate surface area is 109 Å². The van der Waals surface area contributed by atoms with E-state index in [1.165, 1.54) is 0 Å². The summed E-state index contributed by atoms with van der Waals surface area (Å²) in [6, 6.07) is 3.86. The maximum atomic E-state index is 12.5. The van der Waals surface area contributed by atoms with Crippen LogP contribution in [0.3, 0.4) is 0 Å². The van der Waals surface area contributed by atoms with Gasteiger partial charge < -0.3 is 10.0 Å². The molecule has 1 N–H and O–H groups in total. The molecule has 1 amide bonds. The highest BCUT2D eigenvalue weighted by Crippen LogP contribution is 2.14. The molecule has 0 aliphatic rings. The van der Waals surface area contributed by atoms with E-state index in [1.807, 2.05) is 19.1 Å². The van der Waals surface area contributed by atoms with Gasteiger partial charge in [-0.2, -0.15) is 0 Å². The summed E-state index contributed by atoms with van der Waals surface area (Å²) >= 11 is 0. The number of pyridine rings is 1. The minimum absolute atomic E-state index is 0.0197. The summed E-state index contributed by atoms with van der Waals surface area (Å²) in [7, 11) is 0. The third-order valence-electron chi connectivity index (χ3n) is 3.20. The van der Waals surface area contributed by atoms with Crippen molar-refractivity contribution in [3.05, 3.63) is 29.6 Å². The van der Waals surface area contributed by atoms with E-state index < -0.39 is 0 Å². The number of carbonyl (C=O) groups is 1. The van der Waals surface area contributed by atoms with E-state index in [1.54, 1.807) is 11.1 Å². The number of amides is 1. The summed E-state index contributed by atoms with van der Waals surface area (Å²) in [6.45, 7) is 6.33. The van der Waals surface area contributed by atoms with Gasteiger partial charge >= 0.3 is 0 Å². The smallest absolute Gasteiger partial charge is 0.273 e. The zero-order valence-electron chi connectivity index (χ0n) is 11.4. The van der Waals surface area contributed by atoms with Gasteiger partial charge in [-0.3, -0.25) is 9.78 Å². The number of aromatic nitrogens is 1. The number of rotatable bonds is 6. The molecular formula is C14H22N2O2. The Morgan fingerprint density at radius 3 is 2.61 bits per heavy atom. The second kappa shape index (κ2) is 7.11. The second-order valence-corrected chi connectivity index (χ2v) is 4.36. The number of aliphatic hydroxyl groups is 1. The van der Waals surface area contributed by atoms with Gasteiger partial charge in [-0.15, -0.1) is 0 Å². The largest absolute Gasteiger partial charge is 0.395 e. The lowest BCUT2D eigenvalue weighted by molar-refractivity contribution is 0.0615. The number of hydrogen-bond donors (Lipinski definition) is 1. The molecule has 0 aliphatic heterocycles. The van der Waals surface area contributed by atoms with Crippen LogP contribution in [0.2, 0.25) is 0 Å². The Kier molecular flexibility index (Phi) is 5.78. The molecule has 0 aliphatic carbocycles. The highest BCUT2D eigenvalue weighted by Gasteiger charge is 2.23. The minimum atomic E-state index is -0.0872. The Morgan fingerprint density at radius 1 is 1.44 bits per heavy atom. The van der Waals surface area contributed by atoms with Crippen LogP contribution < -0.4 is 0 Å². The first-order valence-electron chi connectivity index (χ1n) is 6.49. The minimum Gasteiger partial charge on any atom is -0.395 e. The molecule has 0 fully saturated rings. The molecule has 18 heavy (non-hydrogen) atoms. The van der Waals surface area contributed by atoms with Crippen molar-refractivity contribution < 1.29 is 9.90 Å². The summed E-state index contributed by atoms with van der Waals surface area (Å²) in [5.41, 5.74) is 1.36. The van der Waals surface area contributed by atoms with Crippen molar-refractivity contribution in [1.82, 2.24) is 9.88 Å². The van der Waals surface area contributed by atoms with Gasteiger partial charge in [0.15, 0.2) is 0 Å². The average Bonchev–Trinajstić information content (AvgIpc) is 2.39. The molecular weight excluding hydrogens is 228 g/mol. The highest BCUT2D eigenvalue weighted by molar-refractivity contribution is 5.93. The van der Waals surface area contributed by atoms with Gasteiger partial charge in [-0.25, -0.2) is 0 Å². The second-order valence-electron chi connectivity index (χ2n) is 4.36. The molecule has 0 atom stereocenters. The maximum absolute atomic E-state index is 12.5. The number of nitrogens with zero attached hydrogens (tertiary/aromatic N) is 2. The van der Waals surface area contributed by atoms with Crippen LogP contribution in [0.4, 0.5) is 0 Å². The van der Waals surface area contributed by atoms with Crippen LogP contribution in [0.25, 0.3) is 0 Å². The third-order valence-corrected chi connectivity index (χ3v) is 3.20. The molecule has 1 aromatic rings. The molecule has 1 heterocycles. The third kappa shape index (κ3) is 3.29. The monoisotopic (exact) mass is 250 g/mol. The van der Waals surface area contributed by atoms with Gasteiger partial charge in [-0.05, 0) is 31.4 Å². The normalized spacial score (nSPS) is 10.7. The molecule has 0 aromatic carbocycles. The van der Waals surface area contributed by atoms with E-state index in [9.17, 15) is 4.79 Å². The Morgan fingerprint density at radius 2 is 2.11 bits per heavy atom. The van der Waals surface area contributed by atoms with E-state index in [2.05, 4.69) is 18.8 Å². The summed E-state index contributed by atoms with van der Waals surface area (Å²) in [4.78, 5) is 18.4. The molecule has 0 saturated carbocycles. The quantitative estimate of drug-likeness (QED) is 0.840. The van der Waals surface area contributed by atoms with E-state index in [4.69, 9.17) is 5.11 Å². The molecule has 1 rings (SSSR count). The molecule has 0 bridgehead atoms. The van der Waals surface area contributed by atoms with Crippen molar-refractivity contribution in [2.75, 3.05) is 13.2 Å². The number of aliphatic hydroxyl groups excluding tert-OH is 1. The summed E-state index contributed by atoms with van der Waals surface area (Å²) in [6.07, 6.45) is 3.40. The predicted octanol–water partition coefficient (Wildman–Crippen LogP) is 2.01. The Hall–Kier alpha value is -1.42. The molecule has 4 heteroatoms. The predicted molar refractivity (Wildman–Crippen MR) is 71.5 cm³/mol. The highest BCUT2D eigenvalue weighted by atomic mass is 16.3. The van der Waals surface area contributed by atoms with Crippen molar-refractivity contribution in [1.29, 1.82) is 0 Å². The SMILES string of the molecule is CCC(CC)N(CCO)C(=O)c1ncccc1C. The van der Waals surface area contributed by atoms with E-state index in [0.29, 0.717) is 12.2 Å². The van der Waals surface area contributed by atoms with E-state index in [0.717, 1.165) is 18.4 Å². The topological polar surface area (TPSA) is 53.4 Å². The van der Waals surface area contributed by atoms with Crippen LogP contribution in [-0.4, -0.2) is 40.1 Å². The summed E-state index contributed by atoms with van der Waals surface area (Å²) < 4.78 is 0. The van der Waals surface area contributed by atoms with Gasteiger partial charge in [0, 0.05) is 18.8 Å². The molecule has 4 nitrogen and oxygen atoms in total. The zero-order chi connectivity index (χ0) is 13.5.